The van der Waals surface area contributed by atoms with E-state index in [0.29, 0.717) is 23.8 Å². The molecule has 144 valence electrons. The molecule has 0 N–H and O–H groups in total. The number of carbonyl (C=O) groups excluding carboxylic acids is 1. The first-order valence-corrected chi connectivity index (χ1v) is 9.59. The van der Waals surface area contributed by atoms with Crippen molar-refractivity contribution in [3.63, 3.8) is 0 Å². The van der Waals surface area contributed by atoms with Crippen molar-refractivity contribution in [3.8, 4) is 11.5 Å². The summed E-state index contributed by atoms with van der Waals surface area (Å²) in [5, 5.41) is 2.19. The number of fused-ring (bicyclic) bond motifs is 1. The molecule has 3 aromatic rings. The quantitative estimate of drug-likeness (QED) is 0.349. The summed E-state index contributed by atoms with van der Waals surface area (Å²) in [5.74, 6) is 1.96. The minimum atomic E-state index is -0.0259. The highest BCUT2D eigenvalue weighted by Crippen LogP contribution is 2.29. The Balaban J connectivity index is 1.72. The van der Waals surface area contributed by atoms with E-state index in [9.17, 15) is 4.79 Å². The molecule has 0 heterocycles. The number of carbonyl (C=O) groups is 1. The SMILES string of the molecule is COc1cc(C=CC(=O)c2ccc3ccccc3c2)ccc1OCCC(C)C. The fourth-order valence-corrected chi connectivity index (χ4v) is 2.92. The van der Waals surface area contributed by atoms with Crippen molar-refractivity contribution in [1.29, 1.82) is 0 Å². The highest BCUT2D eigenvalue weighted by Gasteiger charge is 2.07. The molecule has 0 aliphatic heterocycles. The van der Waals surface area contributed by atoms with E-state index < -0.39 is 0 Å². The first-order valence-electron chi connectivity index (χ1n) is 9.59. The number of ether oxygens (including phenoxy) is 2. The zero-order chi connectivity index (χ0) is 19.9. The van der Waals surface area contributed by atoms with Crippen LogP contribution in [0.5, 0.6) is 11.5 Å². The van der Waals surface area contributed by atoms with Crippen LogP contribution in [0.25, 0.3) is 16.8 Å². The Kier molecular flexibility index (Phi) is 6.49. The van der Waals surface area contributed by atoms with E-state index in [1.54, 1.807) is 19.3 Å². The molecule has 3 heteroatoms. The van der Waals surface area contributed by atoms with Gasteiger partial charge in [-0.25, -0.2) is 0 Å². The Morgan fingerprint density at radius 3 is 2.50 bits per heavy atom. The first-order chi connectivity index (χ1) is 13.6. The van der Waals surface area contributed by atoms with Gasteiger partial charge in [-0.05, 0) is 52.9 Å². The van der Waals surface area contributed by atoms with Crippen LogP contribution in [0.3, 0.4) is 0 Å². The summed E-state index contributed by atoms with van der Waals surface area (Å²) in [4.78, 5) is 12.5. The number of allylic oxidation sites excluding steroid dienone is 1. The topological polar surface area (TPSA) is 35.5 Å². The van der Waals surface area contributed by atoms with Gasteiger partial charge in [-0.2, -0.15) is 0 Å². The maximum Gasteiger partial charge on any atom is 0.185 e. The second-order valence-electron chi connectivity index (χ2n) is 7.20. The third-order valence-corrected chi connectivity index (χ3v) is 4.60. The summed E-state index contributed by atoms with van der Waals surface area (Å²) < 4.78 is 11.3. The molecule has 0 aliphatic rings. The highest BCUT2D eigenvalue weighted by atomic mass is 16.5. The third kappa shape index (κ3) is 5.01. The molecule has 0 aromatic heterocycles. The second-order valence-corrected chi connectivity index (χ2v) is 7.20. The summed E-state index contributed by atoms with van der Waals surface area (Å²) in [6.45, 7) is 4.99. The number of ketones is 1. The van der Waals surface area contributed by atoms with Crippen LogP contribution in [0.2, 0.25) is 0 Å². The predicted octanol–water partition coefficient (Wildman–Crippen LogP) is 6.17. The van der Waals surface area contributed by atoms with Gasteiger partial charge in [-0.15, -0.1) is 0 Å². The molecule has 0 spiro atoms. The summed E-state index contributed by atoms with van der Waals surface area (Å²) in [6, 6.07) is 19.5. The maximum atomic E-state index is 12.5. The Bertz CT molecular complexity index is 986. The lowest BCUT2D eigenvalue weighted by Crippen LogP contribution is -2.02. The van der Waals surface area contributed by atoms with Crippen LogP contribution in [0.4, 0.5) is 0 Å². The lowest BCUT2D eigenvalue weighted by molar-refractivity contribution is 0.104. The second kappa shape index (κ2) is 9.23. The van der Waals surface area contributed by atoms with Gasteiger partial charge >= 0.3 is 0 Å². The van der Waals surface area contributed by atoms with E-state index in [1.165, 1.54) is 0 Å². The van der Waals surface area contributed by atoms with Crippen LogP contribution in [-0.4, -0.2) is 19.5 Å². The summed E-state index contributed by atoms with van der Waals surface area (Å²) in [5.41, 5.74) is 1.57. The zero-order valence-corrected chi connectivity index (χ0v) is 16.6. The van der Waals surface area contributed by atoms with Crippen molar-refractivity contribution < 1.29 is 14.3 Å². The summed E-state index contributed by atoms with van der Waals surface area (Å²) >= 11 is 0. The normalized spacial score (nSPS) is 11.3. The minimum Gasteiger partial charge on any atom is -0.493 e. The van der Waals surface area contributed by atoms with Gasteiger partial charge in [0, 0.05) is 5.56 Å². The molecule has 0 saturated carbocycles. The van der Waals surface area contributed by atoms with Gasteiger partial charge in [0.25, 0.3) is 0 Å². The van der Waals surface area contributed by atoms with Crippen molar-refractivity contribution in [2.24, 2.45) is 5.92 Å². The molecule has 3 aromatic carbocycles. The van der Waals surface area contributed by atoms with Crippen molar-refractivity contribution in [3.05, 3.63) is 77.9 Å². The molecule has 0 radical (unpaired) electrons. The first kappa shape index (κ1) is 19.7. The van der Waals surface area contributed by atoms with Crippen LogP contribution in [0.15, 0.2) is 66.7 Å². The number of hydrogen-bond donors (Lipinski definition) is 0. The van der Waals surface area contributed by atoms with E-state index in [0.717, 1.165) is 28.5 Å². The molecule has 0 unspecified atom stereocenters. The molecular formula is C25H26O3. The Morgan fingerprint density at radius 2 is 1.75 bits per heavy atom. The molecule has 0 aliphatic carbocycles. The Hall–Kier alpha value is -3.07. The van der Waals surface area contributed by atoms with Crippen molar-refractivity contribution in [1.82, 2.24) is 0 Å². The van der Waals surface area contributed by atoms with E-state index in [1.807, 2.05) is 60.7 Å². The predicted molar refractivity (Wildman–Crippen MR) is 115 cm³/mol. The summed E-state index contributed by atoms with van der Waals surface area (Å²) in [7, 11) is 1.62. The average Bonchev–Trinajstić information content (AvgIpc) is 2.72. The monoisotopic (exact) mass is 374 g/mol. The van der Waals surface area contributed by atoms with Crippen LogP contribution in [0.1, 0.15) is 36.2 Å². The van der Waals surface area contributed by atoms with Gasteiger partial charge in [-0.3, -0.25) is 4.79 Å². The standard InChI is InChI=1S/C25H26O3/c1-18(2)14-15-28-24-13-9-19(16-25(24)27-3)8-12-23(26)22-11-10-20-6-4-5-7-21(20)17-22/h4-13,16-18H,14-15H2,1-3H3. The largest absolute Gasteiger partial charge is 0.493 e. The Morgan fingerprint density at radius 1 is 0.964 bits per heavy atom. The molecule has 0 saturated heterocycles. The van der Waals surface area contributed by atoms with Gasteiger partial charge in [0.1, 0.15) is 0 Å². The Labute approximate surface area is 166 Å². The van der Waals surface area contributed by atoms with E-state index in [4.69, 9.17) is 9.47 Å². The number of benzene rings is 3. The highest BCUT2D eigenvalue weighted by molar-refractivity contribution is 6.08. The van der Waals surface area contributed by atoms with Crippen LogP contribution >= 0.6 is 0 Å². The number of methoxy groups -OCH3 is 1. The molecule has 0 atom stereocenters. The molecule has 0 bridgehead atoms. The van der Waals surface area contributed by atoms with Crippen LogP contribution < -0.4 is 9.47 Å². The molecule has 3 nitrogen and oxygen atoms in total. The lowest BCUT2D eigenvalue weighted by Gasteiger charge is -2.12. The molecule has 3 rings (SSSR count). The van der Waals surface area contributed by atoms with Gasteiger partial charge in [0.2, 0.25) is 0 Å². The van der Waals surface area contributed by atoms with Gasteiger partial charge in [-0.1, -0.05) is 62.4 Å². The van der Waals surface area contributed by atoms with E-state index in [2.05, 4.69) is 13.8 Å². The van der Waals surface area contributed by atoms with Crippen molar-refractivity contribution in [2.75, 3.05) is 13.7 Å². The fourth-order valence-electron chi connectivity index (χ4n) is 2.92. The molecular weight excluding hydrogens is 348 g/mol. The van der Waals surface area contributed by atoms with E-state index in [-0.39, 0.29) is 5.78 Å². The summed E-state index contributed by atoms with van der Waals surface area (Å²) in [6.07, 6.45) is 4.39. The lowest BCUT2D eigenvalue weighted by atomic mass is 10.0. The number of hydrogen-bond acceptors (Lipinski definition) is 3. The third-order valence-electron chi connectivity index (χ3n) is 4.60. The average molecular weight is 374 g/mol. The minimum absolute atomic E-state index is 0.0259. The number of rotatable bonds is 8. The molecule has 0 fully saturated rings. The van der Waals surface area contributed by atoms with Gasteiger partial charge < -0.3 is 9.47 Å². The smallest absolute Gasteiger partial charge is 0.185 e. The van der Waals surface area contributed by atoms with Crippen LogP contribution in [0, 0.1) is 5.92 Å². The van der Waals surface area contributed by atoms with Gasteiger partial charge in [0.15, 0.2) is 17.3 Å². The van der Waals surface area contributed by atoms with Crippen LogP contribution in [-0.2, 0) is 0 Å². The fraction of sp³-hybridized carbons (Fsp3) is 0.240. The maximum absolute atomic E-state index is 12.5. The molecule has 28 heavy (non-hydrogen) atoms. The van der Waals surface area contributed by atoms with Crippen molar-refractivity contribution in [2.45, 2.75) is 20.3 Å². The van der Waals surface area contributed by atoms with Gasteiger partial charge in [0.05, 0.1) is 13.7 Å². The van der Waals surface area contributed by atoms with E-state index >= 15 is 0 Å². The molecule has 0 amide bonds. The van der Waals surface area contributed by atoms with Crippen molar-refractivity contribution >= 4 is 22.6 Å². The zero-order valence-electron chi connectivity index (χ0n) is 16.6.